The summed E-state index contributed by atoms with van der Waals surface area (Å²) >= 11 is 0. The average molecular weight is 565 g/mol. The molecule has 2 heterocycles. The van der Waals surface area contributed by atoms with Gasteiger partial charge in [-0.05, 0) is 33.3 Å². The van der Waals surface area contributed by atoms with Gasteiger partial charge in [0.1, 0.15) is 0 Å². The van der Waals surface area contributed by atoms with Gasteiger partial charge in [-0.1, -0.05) is 29.8 Å². The largest absolute Gasteiger partial charge is 0.379 e. The number of benzene rings is 1. The fraction of sp³-hybridized carbons (Fsp3) is 0.682. The van der Waals surface area contributed by atoms with Crippen molar-refractivity contribution in [3.8, 4) is 0 Å². The monoisotopic (exact) mass is 564 g/mol. The fourth-order valence-electron chi connectivity index (χ4n) is 4.03. The molecule has 2 aliphatic heterocycles. The van der Waals surface area contributed by atoms with Crippen molar-refractivity contribution in [3.63, 3.8) is 0 Å². The van der Waals surface area contributed by atoms with Gasteiger partial charge < -0.3 is 15.0 Å². The van der Waals surface area contributed by atoms with E-state index in [0.29, 0.717) is 19.6 Å². The number of hydrogen-bond acceptors (Lipinski definition) is 5. The molecule has 0 amide bonds. The van der Waals surface area contributed by atoms with Gasteiger partial charge in [0.15, 0.2) is 15.8 Å². The van der Waals surface area contributed by atoms with E-state index < -0.39 is 14.6 Å². The van der Waals surface area contributed by atoms with Gasteiger partial charge in [-0.25, -0.2) is 8.42 Å². The second-order valence-corrected chi connectivity index (χ2v) is 11.5. The van der Waals surface area contributed by atoms with Crippen LogP contribution in [0.3, 0.4) is 0 Å². The number of aryl methyl sites for hydroxylation is 1. The van der Waals surface area contributed by atoms with Crippen LogP contribution in [0.4, 0.5) is 0 Å². The van der Waals surface area contributed by atoms with Gasteiger partial charge in [0, 0.05) is 32.7 Å². The summed E-state index contributed by atoms with van der Waals surface area (Å²) < 4.78 is 29.6. The van der Waals surface area contributed by atoms with Crippen LogP contribution < -0.4 is 5.32 Å². The molecule has 0 aliphatic carbocycles. The average Bonchev–Trinajstić information content (AvgIpc) is 2.71. The molecule has 0 spiro atoms. The lowest BCUT2D eigenvalue weighted by Gasteiger charge is -2.39. The molecule has 176 valence electrons. The number of ether oxygens (including phenoxy) is 1. The summed E-state index contributed by atoms with van der Waals surface area (Å²) in [7, 11) is -3.08. The minimum absolute atomic E-state index is 0. The third kappa shape index (κ3) is 6.55. The maximum atomic E-state index is 12.4. The molecule has 1 N–H and O–H groups in total. The van der Waals surface area contributed by atoms with Crippen LogP contribution in [0.1, 0.15) is 37.9 Å². The number of rotatable bonds is 5. The third-order valence-electron chi connectivity index (χ3n) is 6.04. The summed E-state index contributed by atoms with van der Waals surface area (Å²) in [6.45, 7) is 13.3. The Hall–Kier alpha value is -0.910. The van der Waals surface area contributed by atoms with Crippen molar-refractivity contribution in [2.24, 2.45) is 4.99 Å². The number of aliphatic imine (C=N–C) groups is 1. The first-order valence-corrected chi connectivity index (χ1v) is 12.5. The van der Waals surface area contributed by atoms with Gasteiger partial charge in [-0.2, -0.15) is 0 Å². The van der Waals surface area contributed by atoms with E-state index in [1.807, 2.05) is 6.92 Å². The van der Waals surface area contributed by atoms with E-state index in [2.05, 4.69) is 46.3 Å². The highest BCUT2D eigenvalue weighted by atomic mass is 127. The predicted octanol–water partition coefficient (Wildman–Crippen LogP) is 2.46. The van der Waals surface area contributed by atoms with Crippen LogP contribution in [0, 0.1) is 6.92 Å². The van der Waals surface area contributed by atoms with E-state index in [0.717, 1.165) is 38.8 Å². The van der Waals surface area contributed by atoms with E-state index in [4.69, 9.17) is 9.73 Å². The number of hydrogen-bond donors (Lipinski definition) is 1. The predicted molar refractivity (Wildman–Crippen MR) is 137 cm³/mol. The summed E-state index contributed by atoms with van der Waals surface area (Å²) in [5, 5.41) is 3.37. The lowest BCUT2D eigenvalue weighted by Crippen LogP contribution is -2.57. The Balaban J connectivity index is 0.00000341. The van der Waals surface area contributed by atoms with Crippen LogP contribution >= 0.6 is 24.0 Å². The van der Waals surface area contributed by atoms with Gasteiger partial charge in [-0.3, -0.25) is 9.89 Å². The minimum atomic E-state index is -3.08. The third-order valence-corrected chi connectivity index (χ3v) is 8.57. The number of nitrogens with one attached hydrogen (secondary N) is 1. The molecule has 31 heavy (non-hydrogen) atoms. The molecule has 1 atom stereocenters. The summed E-state index contributed by atoms with van der Waals surface area (Å²) in [5.74, 6) is 0.959. The first-order valence-electron chi connectivity index (χ1n) is 10.9. The molecular formula is C22H37IN4O3S. The molecule has 2 fully saturated rings. The molecule has 2 saturated heterocycles. The Morgan fingerprint density at radius 3 is 2.42 bits per heavy atom. The number of guanidine groups is 1. The highest BCUT2D eigenvalue weighted by Crippen LogP contribution is 2.25. The van der Waals surface area contributed by atoms with Crippen molar-refractivity contribution in [1.29, 1.82) is 0 Å². The van der Waals surface area contributed by atoms with Crippen LogP contribution in [0.2, 0.25) is 0 Å². The molecule has 7 nitrogen and oxygen atoms in total. The highest BCUT2D eigenvalue weighted by molar-refractivity contribution is 14.0. The molecular weight excluding hydrogens is 527 g/mol. The Bertz CT molecular complexity index is 837. The van der Waals surface area contributed by atoms with E-state index in [9.17, 15) is 8.42 Å². The van der Waals surface area contributed by atoms with Crippen LogP contribution in [-0.4, -0.2) is 87.2 Å². The topological polar surface area (TPSA) is 74.2 Å². The van der Waals surface area contributed by atoms with Crippen LogP contribution in [0.5, 0.6) is 0 Å². The first kappa shape index (κ1) is 26.3. The Labute approximate surface area is 204 Å². The molecule has 0 aromatic heterocycles. The standard InChI is InChI=1S/C22H36N4O3S.HI/c1-5-23-21(26-12-15-30(27,28)22(3,4)17-26)24-16-20(25-10-13-29-14-11-25)19-8-6-18(2)7-9-19;/h6-9,20H,5,10-17H2,1-4H3,(H,23,24);1H. The molecule has 1 unspecified atom stereocenters. The normalized spacial score (nSPS) is 22.5. The summed E-state index contributed by atoms with van der Waals surface area (Å²) in [6, 6.07) is 8.85. The van der Waals surface area contributed by atoms with Crippen LogP contribution in [0.25, 0.3) is 0 Å². The number of sulfone groups is 1. The summed E-state index contributed by atoms with van der Waals surface area (Å²) in [6.07, 6.45) is 0. The lowest BCUT2D eigenvalue weighted by atomic mass is 10.0. The minimum Gasteiger partial charge on any atom is -0.379 e. The molecule has 2 aliphatic rings. The number of nitrogens with zero attached hydrogens (tertiary/aromatic N) is 3. The van der Waals surface area contributed by atoms with Gasteiger partial charge in [0.05, 0.1) is 36.3 Å². The second kappa shape index (κ2) is 11.3. The zero-order valence-electron chi connectivity index (χ0n) is 19.1. The van der Waals surface area contributed by atoms with Crippen molar-refractivity contribution in [2.45, 2.75) is 38.5 Å². The van der Waals surface area contributed by atoms with Gasteiger partial charge in [0.25, 0.3) is 0 Å². The van der Waals surface area contributed by atoms with E-state index in [1.165, 1.54) is 11.1 Å². The fourth-order valence-corrected chi connectivity index (χ4v) is 5.40. The molecule has 1 aromatic rings. The van der Waals surface area contributed by atoms with E-state index >= 15 is 0 Å². The Kier molecular flexibility index (Phi) is 9.59. The molecule has 3 rings (SSSR count). The lowest BCUT2D eigenvalue weighted by molar-refractivity contribution is 0.0179. The molecule has 0 saturated carbocycles. The zero-order chi connectivity index (χ0) is 21.8. The van der Waals surface area contributed by atoms with Crippen molar-refractivity contribution in [2.75, 3.05) is 58.2 Å². The van der Waals surface area contributed by atoms with Crippen molar-refractivity contribution >= 4 is 39.8 Å². The molecule has 0 bridgehead atoms. The Morgan fingerprint density at radius 2 is 1.84 bits per heavy atom. The van der Waals surface area contributed by atoms with Crippen molar-refractivity contribution in [3.05, 3.63) is 35.4 Å². The van der Waals surface area contributed by atoms with Crippen molar-refractivity contribution < 1.29 is 13.2 Å². The molecule has 1 aromatic carbocycles. The maximum Gasteiger partial charge on any atom is 0.194 e. The second-order valence-electron chi connectivity index (χ2n) is 8.77. The highest BCUT2D eigenvalue weighted by Gasteiger charge is 2.41. The van der Waals surface area contributed by atoms with Gasteiger partial charge in [-0.15, -0.1) is 24.0 Å². The Morgan fingerprint density at radius 1 is 1.19 bits per heavy atom. The quantitative estimate of drug-likeness (QED) is 0.337. The van der Waals surface area contributed by atoms with Crippen LogP contribution in [0.15, 0.2) is 29.3 Å². The number of morpholine rings is 1. The van der Waals surface area contributed by atoms with Gasteiger partial charge >= 0.3 is 0 Å². The van der Waals surface area contributed by atoms with E-state index in [-0.39, 0.29) is 35.8 Å². The molecule has 9 heteroatoms. The SMILES string of the molecule is CCNC(=NCC(c1ccc(C)cc1)N1CCOCC1)N1CCS(=O)(=O)C(C)(C)C1.I. The summed E-state index contributed by atoms with van der Waals surface area (Å²) in [5.41, 5.74) is 2.50. The first-order chi connectivity index (χ1) is 14.2. The smallest absolute Gasteiger partial charge is 0.194 e. The molecule has 0 radical (unpaired) electrons. The maximum absolute atomic E-state index is 12.4. The van der Waals surface area contributed by atoms with E-state index in [1.54, 1.807) is 13.8 Å². The van der Waals surface area contributed by atoms with Gasteiger partial charge in [0.2, 0.25) is 0 Å². The van der Waals surface area contributed by atoms with Crippen molar-refractivity contribution in [1.82, 2.24) is 15.1 Å². The van der Waals surface area contributed by atoms with Crippen LogP contribution in [-0.2, 0) is 14.6 Å². The zero-order valence-corrected chi connectivity index (χ0v) is 22.3. The summed E-state index contributed by atoms with van der Waals surface area (Å²) in [4.78, 5) is 9.51. The number of halogens is 1.